The highest BCUT2D eigenvalue weighted by atomic mass is 16.2. The lowest BCUT2D eigenvalue weighted by molar-refractivity contribution is -0.148. The molecule has 0 aliphatic carbocycles. The third-order valence-corrected chi connectivity index (χ3v) is 3.43. The molecule has 0 saturated carbocycles. The van der Waals surface area contributed by atoms with Crippen molar-refractivity contribution in [1.29, 1.82) is 0 Å². The second-order valence-corrected chi connectivity index (χ2v) is 4.79. The Labute approximate surface area is 104 Å². The molecule has 0 aromatic heterocycles. The molecule has 4 nitrogen and oxygen atoms in total. The highest BCUT2D eigenvalue weighted by Crippen LogP contribution is 2.17. The second-order valence-electron chi connectivity index (χ2n) is 4.79. The molecule has 1 aliphatic heterocycles. The SMILES string of the molecule is CCCCCC(C)N1C(=O)CNC(=O)C1CC. The van der Waals surface area contributed by atoms with Crippen molar-refractivity contribution < 1.29 is 9.59 Å². The summed E-state index contributed by atoms with van der Waals surface area (Å²) in [5.41, 5.74) is 0. The maximum atomic E-state index is 11.9. The summed E-state index contributed by atoms with van der Waals surface area (Å²) in [6, 6.07) is -0.0991. The van der Waals surface area contributed by atoms with Crippen LogP contribution in [-0.4, -0.2) is 35.3 Å². The first-order valence-corrected chi connectivity index (χ1v) is 6.70. The van der Waals surface area contributed by atoms with Crippen molar-refractivity contribution in [3.8, 4) is 0 Å². The van der Waals surface area contributed by atoms with Gasteiger partial charge in [0, 0.05) is 6.04 Å². The Morgan fingerprint density at radius 1 is 1.35 bits per heavy atom. The topological polar surface area (TPSA) is 49.4 Å². The Morgan fingerprint density at radius 2 is 2.06 bits per heavy atom. The summed E-state index contributed by atoms with van der Waals surface area (Å²) in [5.74, 6) is 0.0508. The molecule has 0 spiro atoms. The van der Waals surface area contributed by atoms with Crippen LogP contribution in [0, 0.1) is 0 Å². The highest BCUT2D eigenvalue weighted by molar-refractivity contribution is 5.94. The van der Waals surface area contributed by atoms with Gasteiger partial charge < -0.3 is 10.2 Å². The first kappa shape index (κ1) is 14.0. The lowest BCUT2D eigenvalue weighted by Gasteiger charge is -2.38. The van der Waals surface area contributed by atoms with E-state index < -0.39 is 0 Å². The molecule has 1 heterocycles. The smallest absolute Gasteiger partial charge is 0.243 e. The van der Waals surface area contributed by atoms with Gasteiger partial charge in [-0.2, -0.15) is 0 Å². The molecule has 4 heteroatoms. The Kier molecular flexibility index (Phi) is 5.45. The Hall–Kier alpha value is -1.06. The first-order chi connectivity index (χ1) is 8.11. The number of carbonyl (C=O) groups excluding carboxylic acids is 2. The molecule has 17 heavy (non-hydrogen) atoms. The normalized spacial score (nSPS) is 22.5. The van der Waals surface area contributed by atoms with E-state index in [4.69, 9.17) is 0 Å². The molecule has 1 saturated heterocycles. The number of nitrogens with one attached hydrogen (secondary N) is 1. The summed E-state index contributed by atoms with van der Waals surface area (Å²) in [5, 5.41) is 2.65. The Balaban J connectivity index is 2.62. The largest absolute Gasteiger partial charge is 0.345 e. The van der Waals surface area contributed by atoms with E-state index in [0.29, 0.717) is 6.42 Å². The van der Waals surface area contributed by atoms with Gasteiger partial charge in [0.25, 0.3) is 0 Å². The average Bonchev–Trinajstić information content (AvgIpc) is 2.31. The number of unbranched alkanes of at least 4 members (excludes halogenated alkanes) is 2. The zero-order valence-corrected chi connectivity index (χ0v) is 11.2. The fourth-order valence-corrected chi connectivity index (χ4v) is 2.44. The average molecular weight is 240 g/mol. The van der Waals surface area contributed by atoms with Crippen LogP contribution in [0.25, 0.3) is 0 Å². The molecule has 0 aromatic carbocycles. The van der Waals surface area contributed by atoms with E-state index in [1.54, 1.807) is 4.90 Å². The molecule has 0 radical (unpaired) electrons. The quantitative estimate of drug-likeness (QED) is 0.718. The van der Waals surface area contributed by atoms with Crippen molar-refractivity contribution in [3.63, 3.8) is 0 Å². The maximum absolute atomic E-state index is 11.9. The molecule has 2 unspecified atom stereocenters. The van der Waals surface area contributed by atoms with Crippen LogP contribution in [0.1, 0.15) is 52.9 Å². The fourth-order valence-electron chi connectivity index (χ4n) is 2.44. The fraction of sp³-hybridized carbons (Fsp3) is 0.846. The summed E-state index contributed by atoms with van der Waals surface area (Å²) in [7, 11) is 0. The van der Waals surface area contributed by atoms with Gasteiger partial charge in [-0.15, -0.1) is 0 Å². The summed E-state index contributed by atoms with van der Waals surface area (Å²) in [6.45, 7) is 6.33. The highest BCUT2D eigenvalue weighted by Gasteiger charge is 2.35. The predicted molar refractivity (Wildman–Crippen MR) is 67.5 cm³/mol. The minimum Gasteiger partial charge on any atom is -0.345 e. The van der Waals surface area contributed by atoms with Crippen LogP contribution >= 0.6 is 0 Å². The number of carbonyl (C=O) groups is 2. The van der Waals surface area contributed by atoms with Crippen LogP contribution in [0.15, 0.2) is 0 Å². The lowest BCUT2D eigenvalue weighted by Crippen LogP contribution is -2.60. The van der Waals surface area contributed by atoms with Gasteiger partial charge >= 0.3 is 0 Å². The van der Waals surface area contributed by atoms with Gasteiger partial charge in [-0.25, -0.2) is 0 Å². The van der Waals surface area contributed by atoms with Gasteiger partial charge in [0.1, 0.15) is 6.04 Å². The van der Waals surface area contributed by atoms with Crippen LogP contribution < -0.4 is 5.32 Å². The summed E-state index contributed by atoms with van der Waals surface area (Å²) in [6.07, 6.45) is 5.17. The van der Waals surface area contributed by atoms with E-state index >= 15 is 0 Å². The molecule has 98 valence electrons. The Morgan fingerprint density at radius 3 is 2.65 bits per heavy atom. The van der Waals surface area contributed by atoms with Gasteiger partial charge in [0.2, 0.25) is 11.8 Å². The molecule has 0 bridgehead atoms. The molecular formula is C13H24N2O2. The number of hydrogen-bond acceptors (Lipinski definition) is 2. The predicted octanol–water partition coefficient (Wildman–Crippen LogP) is 1.69. The molecule has 1 rings (SSSR count). The molecule has 1 aliphatic rings. The third-order valence-electron chi connectivity index (χ3n) is 3.43. The molecule has 2 atom stereocenters. The number of piperazine rings is 1. The van der Waals surface area contributed by atoms with Crippen molar-refractivity contribution in [2.75, 3.05) is 6.54 Å². The summed E-state index contributed by atoms with van der Waals surface area (Å²) in [4.78, 5) is 25.4. The van der Waals surface area contributed by atoms with Crippen LogP contribution in [0.2, 0.25) is 0 Å². The van der Waals surface area contributed by atoms with E-state index in [1.165, 1.54) is 12.8 Å². The molecule has 1 N–H and O–H groups in total. The van der Waals surface area contributed by atoms with E-state index in [9.17, 15) is 9.59 Å². The molecule has 0 aromatic rings. The molecule has 1 fully saturated rings. The standard InChI is InChI=1S/C13H24N2O2/c1-4-6-7-8-10(3)15-11(5-2)13(17)14-9-12(15)16/h10-11H,4-9H2,1-3H3,(H,14,17). The van der Waals surface area contributed by atoms with E-state index in [1.807, 2.05) is 6.92 Å². The Bertz CT molecular complexity index is 279. The van der Waals surface area contributed by atoms with Gasteiger partial charge in [0.05, 0.1) is 6.54 Å². The van der Waals surface area contributed by atoms with Gasteiger partial charge in [0.15, 0.2) is 0 Å². The van der Waals surface area contributed by atoms with Crippen molar-refractivity contribution in [2.24, 2.45) is 0 Å². The van der Waals surface area contributed by atoms with Crippen LogP contribution in [0.3, 0.4) is 0 Å². The van der Waals surface area contributed by atoms with Crippen LogP contribution in [0.5, 0.6) is 0 Å². The van der Waals surface area contributed by atoms with E-state index in [2.05, 4.69) is 19.2 Å². The molecular weight excluding hydrogens is 216 g/mol. The summed E-state index contributed by atoms with van der Waals surface area (Å²) >= 11 is 0. The van der Waals surface area contributed by atoms with Crippen LogP contribution in [0.4, 0.5) is 0 Å². The minimum absolute atomic E-state index is 0.00515. The minimum atomic E-state index is -0.270. The van der Waals surface area contributed by atoms with Gasteiger partial charge in [-0.3, -0.25) is 9.59 Å². The van der Waals surface area contributed by atoms with Crippen molar-refractivity contribution in [2.45, 2.75) is 65.0 Å². The zero-order chi connectivity index (χ0) is 12.8. The number of nitrogens with zero attached hydrogens (tertiary/aromatic N) is 1. The lowest BCUT2D eigenvalue weighted by atomic mass is 10.0. The first-order valence-electron chi connectivity index (χ1n) is 6.70. The zero-order valence-electron chi connectivity index (χ0n) is 11.2. The number of hydrogen-bond donors (Lipinski definition) is 1. The molecule has 2 amide bonds. The maximum Gasteiger partial charge on any atom is 0.243 e. The van der Waals surface area contributed by atoms with Crippen molar-refractivity contribution in [1.82, 2.24) is 10.2 Å². The van der Waals surface area contributed by atoms with Gasteiger partial charge in [-0.05, 0) is 19.8 Å². The van der Waals surface area contributed by atoms with Crippen molar-refractivity contribution in [3.05, 3.63) is 0 Å². The number of rotatable bonds is 6. The van der Waals surface area contributed by atoms with E-state index in [0.717, 1.165) is 12.8 Å². The van der Waals surface area contributed by atoms with Crippen molar-refractivity contribution >= 4 is 11.8 Å². The number of amides is 2. The van der Waals surface area contributed by atoms with E-state index in [-0.39, 0.29) is 30.4 Å². The second kappa shape index (κ2) is 6.62. The van der Waals surface area contributed by atoms with Gasteiger partial charge in [-0.1, -0.05) is 33.1 Å². The monoisotopic (exact) mass is 240 g/mol. The van der Waals surface area contributed by atoms with Crippen LogP contribution in [-0.2, 0) is 9.59 Å². The summed E-state index contributed by atoms with van der Waals surface area (Å²) < 4.78 is 0. The third kappa shape index (κ3) is 3.45.